The van der Waals surface area contributed by atoms with E-state index in [0.29, 0.717) is 24.2 Å². The van der Waals surface area contributed by atoms with Crippen molar-refractivity contribution in [2.45, 2.75) is 37.5 Å². The highest BCUT2D eigenvalue weighted by Crippen LogP contribution is 2.41. The quantitative estimate of drug-likeness (QED) is 0.839. The second-order valence-corrected chi connectivity index (χ2v) is 4.82. The van der Waals surface area contributed by atoms with Crippen LogP contribution in [0.3, 0.4) is 0 Å². The Hall–Kier alpha value is -1.72. The highest BCUT2D eigenvalue weighted by Gasteiger charge is 2.37. The number of methoxy groups -OCH3 is 1. The van der Waals surface area contributed by atoms with Gasteiger partial charge in [-0.25, -0.2) is 13.6 Å². The van der Waals surface area contributed by atoms with Gasteiger partial charge in [0.15, 0.2) is 0 Å². The van der Waals surface area contributed by atoms with Crippen molar-refractivity contribution >= 4 is 11.7 Å². The molecule has 0 bridgehead atoms. The molecule has 0 aromatic carbocycles. The summed E-state index contributed by atoms with van der Waals surface area (Å²) in [5, 5.41) is 0. The third kappa shape index (κ3) is 3.00. The van der Waals surface area contributed by atoms with Gasteiger partial charge in [-0.05, 0) is 18.9 Å². The molecule has 2 rings (SSSR count). The lowest BCUT2D eigenvalue weighted by atomic mass is 9.83. The first-order chi connectivity index (χ1) is 8.93. The molecule has 1 heterocycles. The maximum atomic E-state index is 13.2. The SMILES string of the molecule is COC(=O)c1cc(N)cnc1C1CCC(F)(F)CC1. The van der Waals surface area contributed by atoms with Crippen LogP contribution in [0.1, 0.15) is 47.7 Å². The molecule has 104 valence electrons. The third-order valence-electron chi connectivity index (χ3n) is 3.45. The van der Waals surface area contributed by atoms with Gasteiger partial charge >= 0.3 is 5.97 Å². The van der Waals surface area contributed by atoms with E-state index in [9.17, 15) is 13.6 Å². The van der Waals surface area contributed by atoms with Gasteiger partial charge in [0, 0.05) is 18.8 Å². The smallest absolute Gasteiger partial charge is 0.339 e. The van der Waals surface area contributed by atoms with E-state index in [4.69, 9.17) is 5.73 Å². The number of carbonyl (C=O) groups excluding carboxylic acids is 1. The summed E-state index contributed by atoms with van der Waals surface area (Å²) in [4.78, 5) is 15.8. The molecule has 6 heteroatoms. The van der Waals surface area contributed by atoms with E-state index in [1.165, 1.54) is 19.4 Å². The fourth-order valence-electron chi connectivity index (χ4n) is 2.40. The van der Waals surface area contributed by atoms with E-state index >= 15 is 0 Å². The summed E-state index contributed by atoms with van der Waals surface area (Å²) in [5.74, 6) is -3.28. The molecule has 19 heavy (non-hydrogen) atoms. The molecule has 0 spiro atoms. The first-order valence-corrected chi connectivity index (χ1v) is 6.14. The Kier molecular flexibility index (Phi) is 3.68. The predicted molar refractivity (Wildman–Crippen MR) is 66.1 cm³/mol. The minimum atomic E-state index is -2.60. The summed E-state index contributed by atoms with van der Waals surface area (Å²) < 4.78 is 31.0. The molecule has 1 aromatic rings. The van der Waals surface area contributed by atoms with E-state index in [0.717, 1.165) is 0 Å². The summed E-state index contributed by atoms with van der Waals surface area (Å²) in [5.41, 5.74) is 6.74. The van der Waals surface area contributed by atoms with Crippen LogP contribution < -0.4 is 5.73 Å². The van der Waals surface area contributed by atoms with Crippen LogP contribution in [0, 0.1) is 0 Å². The third-order valence-corrected chi connectivity index (χ3v) is 3.45. The Morgan fingerprint density at radius 2 is 2.11 bits per heavy atom. The van der Waals surface area contributed by atoms with Crippen LogP contribution in [0.4, 0.5) is 14.5 Å². The number of anilines is 1. The molecular weight excluding hydrogens is 254 g/mol. The number of halogens is 2. The van der Waals surface area contributed by atoms with Crippen LogP contribution in [0.5, 0.6) is 0 Å². The summed E-state index contributed by atoms with van der Waals surface area (Å²) in [7, 11) is 1.27. The van der Waals surface area contributed by atoms with Crippen LogP contribution >= 0.6 is 0 Å². The lowest BCUT2D eigenvalue weighted by Gasteiger charge is -2.28. The van der Waals surface area contributed by atoms with Crippen molar-refractivity contribution in [3.05, 3.63) is 23.5 Å². The van der Waals surface area contributed by atoms with Crippen molar-refractivity contribution in [1.82, 2.24) is 4.98 Å². The van der Waals surface area contributed by atoms with Gasteiger partial charge in [0.1, 0.15) is 0 Å². The number of hydrogen-bond donors (Lipinski definition) is 1. The maximum absolute atomic E-state index is 13.2. The van der Waals surface area contributed by atoms with Gasteiger partial charge in [0.05, 0.1) is 30.3 Å². The molecule has 0 unspecified atom stereocenters. The normalized spacial score (nSPS) is 19.1. The first-order valence-electron chi connectivity index (χ1n) is 6.14. The van der Waals surface area contributed by atoms with Gasteiger partial charge in [-0.1, -0.05) is 0 Å². The van der Waals surface area contributed by atoms with E-state index in [1.54, 1.807) is 0 Å². The first kappa shape index (κ1) is 13.7. The number of pyridine rings is 1. The van der Waals surface area contributed by atoms with Gasteiger partial charge in [-0.3, -0.25) is 4.98 Å². The lowest BCUT2D eigenvalue weighted by molar-refractivity contribution is -0.0385. The fourth-order valence-corrected chi connectivity index (χ4v) is 2.40. The second-order valence-electron chi connectivity index (χ2n) is 4.82. The number of esters is 1. The molecule has 0 saturated heterocycles. The number of nitrogen functional groups attached to an aromatic ring is 1. The van der Waals surface area contributed by atoms with Crippen LogP contribution in [0.25, 0.3) is 0 Å². The van der Waals surface area contributed by atoms with Crippen molar-refractivity contribution in [1.29, 1.82) is 0 Å². The Bertz CT molecular complexity index is 482. The van der Waals surface area contributed by atoms with E-state index < -0.39 is 11.9 Å². The van der Waals surface area contributed by atoms with Crippen LogP contribution in [-0.2, 0) is 4.74 Å². The molecule has 0 radical (unpaired) electrons. The highest BCUT2D eigenvalue weighted by molar-refractivity contribution is 5.91. The number of nitrogens with zero attached hydrogens (tertiary/aromatic N) is 1. The fraction of sp³-hybridized carbons (Fsp3) is 0.538. The monoisotopic (exact) mass is 270 g/mol. The van der Waals surface area contributed by atoms with Crippen molar-refractivity contribution in [2.75, 3.05) is 12.8 Å². The van der Waals surface area contributed by atoms with Crippen molar-refractivity contribution in [2.24, 2.45) is 0 Å². The van der Waals surface area contributed by atoms with Gasteiger partial charge in [-0.2, -0.15) is 0 Å². The number of nitrogens with two attached hydrogens (primary N) is 1. The molecular formula is C13H16F2N2O2. The maximum Gasteiger partial charge on any atom is 0.339 e. The largest absolute Gasteiger partial charge is 0.465 e. The minimum Gasteiger partial charge on any atom is -0.465 e. The summed E-state index contributed by atoms with van der Waals surface area (Å²) in [6, 6.07) is 1.49. The van der Waals surface area contributed by atoms with Crippen molar-refractivity contribution in [3.8, 4) is 0 Å². The van der Waals surface area contributed by atoms with Crippen LogP contribution in [-0.4, -0.2) is 24.0 Å². The number of alkyl halides is 2. The Labute approximate surface area is 110 Å². The topological polar surface area (TPSA) is 65.2 Å². The molecule has 1 saturated carbocycles. The zero-order valence-electron chi connectivity index (χ0n) is 10.7. The van der Waals surface area contributed by atoms with Gasteiger partial charge < -0.3 is 10.5 Å². The van der Waals surface area contributed by atoms with Gasteiger partial charge in [0.2, 0.25) is 5.92 Å². The van der Waals surface area contributed by atoms with E-state index in [1.807, 2.05) is 0 Å². The van der Waals surface area contributed by atoms with E-state index in [-0.39, 0.29) is 24.3 Å². The highest BCUT2D eigenvalue weighted by atomic mass is 19.3. The molecule has 1 aromatic heterocycles. The molecule has 4 nitrogen and oxygen atoms in total. The Morgan fingerprint density at radius 3 is 2.68 bits per heavy atom. The second kappa shape index (κ2) is 5.11. The minimum absolute atomic E-state index is 0.144. The summed E-state index contributed by atoms with van der Waals surface area (Å²) in [6.07, 6.45) is 1.71. The van der Waals surface area contributed by atoms with E-state index in [2.05, 4.69) is 9.72 Å². The molecule has 1 aliphatic carbocycles. The zero-order chi connectivity index (χ0) is 14.0. The molecule has 2 N–H and O–H groups in total. The van der Waals surface area contributed by atoms with Crippen LogP contribution in [0.15, 0.2) is 12.3 Å². The number of ether oxygens (including phenoxy) is 1. The number of hydrogen-bond acceptors (Lipinski definition) is 4. The van der Waals surface area contributed by atoms with Gasteiger partial charge in [0.25, 0.3) is 0 Å². The summed E-state index contributed by atoms with van der Waals surface area (Å²) >= 11 is 0. The number of carbonyl (C=O) groups is 1. The Morgan fingerprint density at radius 1 is 1.47 bits per heavy atom. The molecule has 0 atom stereocenters. The lowest BCUT2D eigenvalue weighted by Crippen LogP contribution is -2.25. The van der Waals surface area contributed by atoms with Crippen LogP contribution in [0.2, 0.25) is 0 Å². The summed E-state index contributed by atoms with van der Waals surface area (Å²) in [6.45, 7) is 0. The molecule has 1 aliphatic rings. The van der Waals surface area contributed by atoms with Crippen molar-refractivity contribution < 1.29 is 18.3 Å². The molecule has 0 amide bonds. The standard InChI is InChI=1S/C13H16F2N2O2/c1-19-12(18)10-6-9(16)7-17-11(10)8-2-4-13(14,15)5-3-8/h6-8H,2-5,16H2,1H3. The zero-order valence-corrected chi connectivity index (χ0v) is 10.7. The number of rotatable bonds is 2. The predicted octanol–water partition coefficient (Wildman–Crippen LogP) is 2.74. The van der Waals surface area contributed by atoms with Gasteiger partial charge in [-0.15, -0.1) is 0 Å². The average molecular weight is 270 g/mol. The molecule has 1 fully saturated rings. The van der Waals surface area contributed by atoms with Crippen molar-refractivity contribution in [3.63, 3.8) is 0 Å². The molecule has 0 aliphatic heterocycles. The average Bonchev–Trinajstić information content (AvgIpc) is 2.38. The number of aromatic nitrogens is 1. The Balaban J connectivity index is 2.27.